The van der Waals surface area contributed by atoms with E-state index in [0.29, 0.717) is 0 Å². The van der Waals surface area contributed by atoms with E-state index in [1.54, 1.807) is 0 Å². The highest BCUT2D eigenvalue weighted by Gasteiger charge is 2.25. The average molecular weight is 269 g/mol. The first-order chi connectivity index (χ1) is 8.92. The van der Waals surface area contributed by atoms with Gasteiger partial charge in [-0.15, -0.1) is 0 Å². The average Bonchev–Trinajstić information content (AvgIpc) is 2.35. The van der Waals surface area contributed by atoms with Crippen LogP contribution in [0.4, 0.5) is 0 Å². The van der Waals surface area contributed by atoms with E-state index < -0.39 is 18.0 Å². The fourth-order valence-corrected chi connectivity index (χ4v) is 1.77. The number of nitrogens with two attached hydrogens (primary N) is 1. The maximum absolute atomic E-state index is 11.3. The van der Waals surface area contributed by atoms with Crippen molar-refractivity contribution in [3.8, 4) is 11.5 Å². The summed E-state index contributed by atoms with van der Waals surface area (Å²) in [5.41, 5.74) is 5.71. The SMILES string of the molecule is COc1ccc(C(N)CC(=O)O)c(C(=O)O)c1OC. The Hall–Kier alpha value is -2.28. The summed E-state index contributed by atoms with van der Waals surface area (Å²) in [4.78, 5) is 22.0. The van der Waals surface area contributed by atoms with E-state index >= 15 is 0 Å². The lowest BCUT2D eigenvalue weighted by Gasteiger charge is -2.17. The third-order valence-electron chi connectivity index (χ3n) is 2.59. The number of carbonyl (C=O) groups is 2. The Morgan fingerprint density at radius 3 is 2.32 bits per heavy atom. The monoisotopic (exact) mass is 269 g/mol. The summed E-state index contributed by atoms with van der Waals surface area (Å²) < 4.78 is 10.0. The number of methoxy groups -OCH3 is 2. The van der Waals surface area contributed by atoms with E-state index in [2.05, 4.69) is 0 Å². The van der Waals surface area contributed by atoms with E-state index in [0.717, 1.165) is 0 Å². The van der Waals surface area contributed by atoms with Gasteiger partial charge in [-0.3, -0.25) is 4.79 Å². The Labute approximate surface area is 109 Å². The highest BCUT2D eigenvalue weighted by molar-refractivity contribution is 5.94. The van der Waals surface area contributed by atoms with Gasteiger partial charge in [0.25, 0.3) is 0 Å². The van der Waals surface area contributed by atoms with Gasteiger partial charge in [-0.1, -0.05) is 6.07 Å². The van der Waals surface area contributed by atoms with E-state index in [-0.39, 0.29) is 29.0 Å². The molecule has 4 N–H and O–H groups in total. The highest BCUT2D eigenvalue weighted by atomic mass is 16.5. The summed E-state index contributed by atoms with van der Waals surface area (Å²) >= 11 is 0. The van der Waals surface area contributed by atoms with Gasteiger partial charge in [-0.2, -0.15) is 0 Å². The third kappa shape index (κ3) is 3.14. The van der Waals surface area contributed by atoms with E-state index in [9.17, 15) is 14.7 Å². The number of carboxylic acids is 2. The summed E-state index contributed by atoms with van der Waals surface area (Å²) in [7, 11) is 2.68. The molecule has 0 aromatic heterocycles. The lowest BCUT2D eigenvalue weighted by atomic mass is 9.97. The molecule has 19 heavy (non-hydrogen) atoms. The number of rotatable bonds is 6. The van der Waals surface area contributed by atoms with Crippen molar-refractivity contribution < 1.29 is 29.3 Å². The summed E-state index contributed by atoms with van der Waals surface area (Å²) in [5.74, 6) is -2.11. The zero-order valence-electron chi connectivity index (χ0n) is 10.5. The second-order valence-electron chi connectivity index (χ2n) is 3.77. The molecule has 0 saturated heterocycles. The van der Waals surface area contributed by atoms with E-state index in [4.69, 9.17) is 20.3 Å². The number of benzene rings is 1. The Balaban J connectivity index is 3.39. The second kappa shape index (κ2) is 6.05. The molecule has 0 bridgehead atoms. The molecule has 0 aliphatic rings. The smallest absolute Gasteiger partial charge is 0.339 e. The molecule has 104 valence electrons. The maximum Gasteiger partial charge on any atom is 0.339 e. The molecular formula is C12H15NO6. The molecular weight excluding hydrogens is 254 g/mol. The lowest BCUT2D eigenvalue weighted by molar-refractivity contribution is -0.137. The molecule has 1 rings (SSSR count). The van der Waals surface area contributed by atoms with Crippen molar-refractivity contribution in [2.24, 2.45) is 5.73 Å². The van der Waals surface area contributed by atoms with Gasteiger partial charge in [0.1, 0.15) is 5.56 Å². The molecule has 7 heteroatoms. The predicted molar refractivity (Wildman–Crippen MR) is 65.7 cm³/mol. The summed E-state index contributed by atoms with van der Waals surface area (Å²) in [6.07, 6.45) is -0.379. The van der Waals surface area contributed by atoms with Crippen LogP contribution >= 0.6 is 0 Å². The standard InChI is InChI=1S/C12H15NO6/c1-18-8-4-3-6(7(13)5-9(14)15)10(12(16)17)11(8)19-2/h3-4,7H,5,13H2,1-2H3,(H,14,15)(H,16,17). The van der Waals surface area contributed by atoms with Crippen LogP contribution in [0.2, 0.25) is 0 Å². The van der Waals surface area contributed by atoms with Crippen molar-refractivity contribution in [1.82, 2.24) is 0 Å². The largest absolute Gasteiger partial charge is 0.493 e. The van der Waals surface area contributed by atoms with Crippen LogP contribution in [0.25, 0.3) is 0 Å². The van der Waals surface area contributed by atoms with Crippen LogP contribution in [0, 0.1) is 0 Å². The summed E-state index contributed by atoms with van der Waals surface area (Å²) in [6, 6.07) is 1.98. The van der Waals surface area contributed by atoms with Crippen LogP contribution in [0.15, 0.2) is 12.1 Å². The molecule has 1 aromatic rings. The fraction of sp³-hybridized carbons (Fsp3) is 0.333. The Bertz CT molecular complexity index is 499. The zero-order chi connectivity index (χ0) is 14.6. The minimum atomic E-state index is -1.26. The van der Waals surface area contributed by atoms with Crippen LogP contribution in [0.5, 0.6) is 11.5 Å². The molecule has 7 nitrogen and oxygen atoms in total. The van der Waals surface area contributed by atoms with Gasteiger partial charge in [0.2, 0.25) is 0 Å². The van der Waals surface area contributed by atoms with Gasteiger partial charge in [-0.05, 0) is 11.6 Å². The Morgan fingerprint density at radius 2 is 1.89 bits per heavy atom. The Kier molecular flexibility index (Phi) is 4.71. The highest BCUT2D eigenvalue weighted by Crippen LogP contribution is 2.36. The second-order valence-corrected chi connectivity index (χ2v) is 3.77. The molecule has 0 radical (unpaired) electrons. The van der Waals surface area contributed by atoms with Crippen LogP contribution < -0.4 is 15.2 Å². The maximum atomic E-state index is 11.3. The van der Waals surface area contributed by atoms with Crippen LogP contribution in [-0.2, 0) is 4.79 Å². The fourth-order valence-electron chi connectivity index (χ4n) is 1.77. The van der Waals surface area contributed by atoms with Gasteiger partial charge in [0, 0.05) is 6.04 Å². The quantitative estimate of drug-likeness (QED) is 0.701. The van der Waals surface area contributed by atoms with E-state index in [1.165, 1.54) is 26.4 Å². The summed E-state index contributed by atoms with van der Waals surface area (Å²) in [5, 5.41) is 18.0. The molecule has 0 fully saturated rings. The summed E-state index contributed by atoms with van der Waals surface area (Å²) in [6.45, 7) is 0. The van der Waals surface area contributed by atoms with Crippen LogP contribution in [0.3, 0.4) is 0 Å². The first-order valence-electron chi connectivity index (χ1n) is 5.37. The molecule has 1 unspecified atom stereocenters. The van der Waals surface area contributed by atoms with Gasteiger partial charge in [-0.25, -0.2) is 4.79 Å². The van der Waals surface area contributed by atoms with Gasteiger partial charge in [0.05, 0.1) is 20.6 Å². The van der Waals surface area contributed by atoms with Crippen LogP contribution in [-0.4, -0.2) is 36.4 Å². The van der Waals surface area contributed by atoms with Crippen molar-refractivity contribution in [2.45, 2.75) is 12.5 Å². The lowest BCUT2D eigenvalue weighted by Crippen LogP contribution is -2.19. The predicted octanol–water partition coefficient (Wildman–Crippen LogP) is 0.876. The number of ether oxygens (including phenoxy) is 2. The Morgan fingerprint density at radius 1 is 1.26 bits per heavy atom. The number of hydrogen-bond acceptors (Lipinski definition) is 5. The molecule has 0 spiro atoms. The number of aliphatic carboxylic acids is 1. The third-order valence-corrected chi connectivity index (χ3v) is 2.59. The molecule has 1 aromatic carbocycles. The van der Waals surface area contributed by atoms with Crippen molar-refractivity contribution in [3.05, 3.63) is 23.3 Å². The number of aromatic carboxylic acids is 1. The molecule has 0 amide bonds. The van der Waals surface area contributed by atoms with Crippen molar-refractivity contribution >= 4 is 11.9 Å². The molecule has 1 atom stereocenters. The molecule has 0 aliphatic heterocycles. The minimum absolute atomic E-state index is 0.0216. The number of hydrogen-bond donors (Lipinski definition) is 3. The van der Waals surface area contributed by atoms with Crippen molar-refractivity contribution in [3.63, 3.8) is 0 Å². The zero-order valence-corrected chi connectivity index (χ0v) is 10.5. The van der Waals surface area contributed by atoms with Crippen molar-refractivity contribution in [2.75, 3.05) is 14.2 Å². The molecule has 0 aliphatic carbocycles. The van der Waals surface area contributed by atoms with E-state index in [1.807, 2.05) is 0 Å². The first-order valence-corrected chi connectivity index (χ1v) is 5.37. The van der Waals surface area contributed by atoms with Gasteiger partial charge < -0.3 is 25.4 Å². The van der Waals surface area contributed by atoms with Crippen LogP contribution in [0.1, 0.15) is 28.4 Å². The molecule has 0 heterocycles. The van der Waals surface area contributed by atoms with Crippen molar-refractivity contribution in [1.29, 1.82) is 0 Å². The normalized spacial score (nSPS) is 11.7. The number of carboxylic acid groups (broad SMARTS) is 2. The first kappa shape index (κ1) is 14.8. The molecule has 0 saturated carbocycles. The van der Waals surface area contributed by atoms with Gasteiger partial charge >= 0.3 is 11.9 Å². The topological polar surface area (TPSA) is 119 Å². The van der Waals surface area contributed by atoms with Gasteiger partial charge in [0.15, 0.2) is 11.5 Å². The minimum Gasteiger partial charge on any atom is -0.493 e.